The van der Waals surface area contributed by atoms with Crippen molar-refractivity contribution in [2.75, 3.05) is 0 Å². The Kier molecular flexibility index (Phi) is 2.59. The lowest BCUT2D eigenvalue weighted by molar-refractivity contribution is -0.0325. The van der Waals surface area contributed by atoms with E-state index >= 15 is 0 Å². The summed E-state index contributed by atoms with van der Waals surface area (Å²) in [5.74, 6) is 0. The largest absolute Gasteiger partial charge is 0.390 e. The Bertz CT molecular complexity index is 352. The van der Waals surface area contributed by atoms with Crippen LogP contribution >= 0.6 is 0 Å². The molecule has 1 heteroatoms. The zero-order valence-electron chi connectivity index (χ0n) is 9.93. The maximum absolute atomic E-state index is 10.2. The summed E-state index contributed by atoms with van der Waals surface area (Å²) in [6.07, 6.45) is 3.96. The second kappa shape index (κ2) is 3.64. The first-order valence-corrected chi connectivity index (χ1v) is 5.79. The maximum Gasteiger partial charge on any atom is 0.0688 e. The molecule has 1 N–H and O–H groups in total. The Morgan fingerprint density at radius 1 is 1.13 bits per heavy atom. The Balaban J connectivity index is 2.28. The van der Waals surface area contributed by atoms with Gasteiger partial charge in [-0.05, 0) is 56.7 Å². The molecule has 1 saturated carbocycles. The molecule has 0 radical (unpaired) electrons. The van der Waals surface area contributed by atoms with Crippen LogP contribution in [0, 0.1) is 20.8 Å². The van der Waals surface area contributed by atoms with Crippen molar-refractivity contribution in [1.82, 2.24) is 0 Å². The molecular weight excluding hydrogens is 184 g/mol. The van der Waals surface area contributed by atoms with Crippen LogP contribution in [-0.2, 0) is 6.42 Å². The first kappa shape index (κ1) is 10.7. The summed E-state index contributed by atoms with van der Waals surface area (Å²) in [5, 5.41) is 10.2. The van der Waals surface area contributed by atoms with Crippen LogP contribution < -0.4 is 0 Å². The molecule has 1 aromatic rings. The molecule has 82 valence electrons. The van der Waals surface area contributed by atoms with E-state index < -0.39 is 5.60 Å². The van der Waals surface area contributed by atoms with Crippen molar-refractivity contribution in [3.05, 3.63) is 34.4 Å². The van der Waals surface area contributed by atoms with E-state index in [0.29, 0.717) is 0 Å². The van der Waals surface area contributed by atoms with Crippen LogP contribution in [0.1, 0.15) is 41.5 Å². The zero-order valence-corrected chi connectivity index (χ0v) is 9.93. The quantitative estimate of drug-likeness (QED) is 0.785. The van der Waals surface area contributed by atoms with Crippen LogP contribution in [0.4, 0.5) is 0 Å². The molecule has 1 aromatic carbocycles. The summed E-state index contributed by atoms with van der Waals surface area (Å²) in [7, 11) is 0. The summed E-state index contributed by atoms with van der Waals surface area (Å²) in [6.45, 7) is 6.43. The van der Waals surface area contributed by atoms with Crippen molar-refractivity contribution in [2.24, 2.45) is 0 Å². The van der Waals surface area contributed by atoms with Gasteiger partial charge in [0.2, 0.25) is 0 Å². The molecular formula is C14H20O. The second-order valence-corrected chi connectivity index (χ2v) is 5.13. The van der Waals surface area contributed by atoms with E-state index in [1.807, 2.05) is 0 Å². The highest BCUT2D eigenvalue weighted by molar-refractivity contribution is 5.38. The van der Waals surface area contributed by atoms with Gasteiger partial charge >= 0.3 is 0 Å². The summed E-state index contributed by atoms with van der Waals surface area (Å²) >= 11 is 0. The van der Waals surface area contributed by atoms with Crippen molar-refractivity contribution in [2.45, 2.75) is 52.1 Å². The minimum absolute atomic E-state index is 0.398. The van der Waals surface area contributed by atoms with E-state index in [-0.39, 0.29) is 0 Å². The van der Waals surface area contributed by atoms with Gasteiger partial charge in [0.05, 0.1) is 5.60 Å². The average molecular weight is 204 g/mol. The smallest absolute Gasteiger partial charge is 0.0688 e. The molecule has 1 fully saturated rings. The number of aryl methyl sites for hydroxylation is 3. The van der Waals surface area contributed by atoms with Gasteiger partial charge < -0.3 is 5.11 Å². The average Bonchev–Trinajstić information content (AvgIpc) is 2.08. The Hall–Kier alpha value is -0.820. The third-order valence-electron chi connectivity index (χ3n) is 3.63. The lowest BCUT2D eigenvalue weighted by atomic mass is 9.74. The lowest BCUT2D eigenvalue weighted by Gasteiger charge is -2.37. The van der Waals surface area contributed by atoms with Gasteiger partial charge in [0.15, 0.2) is 0 Å². The molecule has 0 saturated heterocycles. The first-order chi connectivity index (χ1) is 7.00. The van der Waals surface area contributed by atoms with Crippen LogP contribution in [-0.4, -0.2) is 10.7 Å². The molecule has 0 aliphatic heterocycles. The molecule has 0 bridgehead atoms. The predicted octanol–water partition coefficient (Wildman–Crippen LogP) is 3.07. The van der Waals surface area contributed by atoms with Crippen LogP contribution in [0.5, 0.6) is 0 Å². The minimum Gasteiger partial charge on any atom is -0.390 e. The van der Waals surface area contributed by atoms with Crippen LogP contribution in [0.25, 0.3) is 0 Å². The Labute approximate surface area is 92.1 Å². The number of hydrogen-bond donors (Lipinski definition) is 1. The molecule has 1 aliphatic carbocycles. The molecule has 0 atom stereocenters. The Morgan fingerprint density at radius 2 is 1.67 bits per heavy atom. The minimum atomic E-state index is -0.398. The van der Waals surface area contributed by atoms with Gasteiger partial charge in [-0.3, -0.25) is 0 Å². The highest BCUT2D eigenvalue weighted by Gasteiger charge is 2.35. The van der Waals surface area contributed by atoms with Crippen molar-refractivity contribution in [1.29, 1.82) is 0 Å². The molecule has 1 aliphatic rings. The van der Waals surface area contributed by atoms with Gasteiger partial charge in [-0.15, -0.1) is 0 Å². The maximum atomic E-state index is 10.2. The SMILES string of the molecule is Cc1cc(C)c(CC2(O)CCC2)c(C)c1. The number of hydrogen-bond acceptors (Lipinski definition) is 1. The molecule has 0 aromatic heterocycles. The van der Waals surface area contributed by atoms with E-state index in [2.05, 4.69) is 32.9 Å². The van der Waals surface area contributed by atoms with E-state index in [1.165, 1.54) is 28.7 Å². The molecule has 2 rings (SSSR count). The van der Waals surface area contributed by atoms with Gasteiger partial charge in [0.25, 0.3) is 0 Å². The van der Waals surface area contributed by atoms with Gasteiger partial charge in [0, 0.05) is 6.42 Å². The Morgan fingerprint density at radius 3 is 2.07 bits per heavy atom. The van der Waals surface area contributed by atoms with Crippen LogP contribution in [0.3, 0.4) is 0 Å². The molecule has 0 heterocycles. The molecule has 0 amide bonds. The normalized spacial score (nSPS) is 18.7. The van der Waals surface area contributed by atoms with Crippen molar-refractivity contribution >= 4 is 0 Å². The zero-order chi connectivity index (χ0) is 11.1. The van der Waals surface area contributed by atoms with E-state index in [9.17, 15) is 5.11 Å². The fourth-order valence-electron chi connectivity index (χ4n) is 2.58. The molecule has 0 unspecified atom stereocenters. The fourth-order valence-corrected chi connectivity index (χ4v) is 2.58. The number of aliphatic hydroxyl groups is 1. The summed E-state index contributed by atoms with van der Waals surface area (Å²) in [5.41, 5.74) is 4.92. The molecule has 15 heavy (non-hydrogen) atoms. The van der Waals surface area contributed by atoms with Crippen LogP contribution in [0.15, 0.2) is 12.1 Å². The number of benzene rings is 1. The van der Waals surface area contributed by atoms with Gasteiger partial charge in [-0.2, -0.15) is 0 Å². The fraction of sp³-hybridized carbons (Fsp3) is 0.571. The van der Waals surface area contributed by atoms with Crippen LogP contribution in [0.2, 0.25) is 0 Å². The van der Waals surface area contributed by atoms with Gasteiger partial charge in [0.1, 0.15) is 0 Å². The third-order valence-corrected chi connectivity index (χ3v) is 3.63. The van der Waals surface area contributed by atoms with Gasteiger partial charge in [-0.25, -0.2) is 0 Å². The first-order valence-electron chi connectivity index (χ1n) is 5.79. The summed E-state index contributed by atoms with van der Waals surface area (Å²) < 4.78 is 0. The summed E-state index contributed by atoms with van der Waals surface area (Å²) in [4.78, 5) is 0. The highest BCUT2D eigenvalue weighted by atomic mass is 16.3. The predicted molar refractivity (Wildman–Crippen MR) is 63.2 cm³/mol. The third kappa shape index (κ3) is 2.07. The molecule has 1 nitrogen and oxygen atoms in total. The van der Waals surface area contributed by atoms with Crippen molar-refractivity contribution in [3.63, 3.8) is 0 Å². The highest BCUT2D eigenvalue weighted by Crippen LogP contribution is 2.36. The van der Waals surface area contributed by atoms with Gasteiger partial charge in [-0.1, -0.05) is 17.7 Å². The van der Waals surface area contributed by atoms with Crippen molar-refractivity contribution < 1.29 is 5.11 Å². The standard InChI is InChI=1S/C14H20O/c1-10-7-11(2)13(12(3)8-10)9-14(15)5-4-6-14/h7-8,15H,4-6,9H2,1-3H3. The lowest BCUT2D eigenvalue weighted by Crippen LogP contribution is -2.39. The van der Waals surface area contributed by atoms with E-state index in [0.717, 1.165) is 19.3 Å². The summed E-state index contributed by atoms with van der Waals surface area (Å²) in [6, 6.07) is 4.43. The van der Waals surface area contributed by atoms with Crippen molar-refractivity contribution in [3.8, 4) is 0 Å². The number of rotatable bonds is 2. The monoisotopic (exact) mass is 204 g/mol. The van der Waals surface area contributed by atoms with E-state index in [4.69, 9.17) is 0 Å². The second-order valence-electron chi connectivity index (χ2n) is 5.13. The molecule has 0 spiro atoms. The van der Waals surface area contributed by atoms with E-state index in [1.54, 1.807) is 0 Å². The topological polar surface area (TPSA) is 20.2 Å².